The summed E-state index contributed by atoms with van der Waals surface area (Å²) < 4.78 is 0. The van der Waals surface area contributed by atoms with Crippen LogP contribution in [0.15, 0.2) is 24.4 Å². The second-order valence-electron chi connectivity index (χ2n) is 3.24. The topological polar surface area (TPSA) is 15.8 Å². The van der Waals surface area contributed by atoms with Gasteiger partial charge < -0.3 is 4.98 Å². The van der Waals surface area contributed by atoms with Gasteiger partial charge in [0, 0.05) is 11.9 Å². The molecule has 13 heavy (non-hydrogen) atoms. The lowest BCUT2D eigenvalue weighted by atomic mass is 9.95. The monoisotopic (exact) mass is 169 g/mol. The molecule has 0 spiro atoms. The molecule has 1 aromatic heterocycles. The molecule has 1 heterocycles. The van der Waals surface area contributed by atoms with E-state index in [1.165, 1.54) is 16.8 Å². The molecule has 2 radical (unpaired) electrons. The van der Waals surface area contributed by atoms with Crippen molar-refractivity contribution in [1.82, 2.24) is 4.98 Å². The van der Waals surface area contributed by atoms with Gasteiger partial charge in [-0.2, -0.15) is 0 Å². The zero-order valence-electron chi connectivity index (χ0n) is 7.59. The van der Waals surface area contributed by atoms with Crippen molar-refractivity contribution in [2.75, 3.05) is 0 Å². The third-order valence-electron chi connectivity index (χ3n) is 2.36. The average Bonchev–Trinajstić information content (AvgIpc) is 2.38. The number of hydrogen-bond acceptors (Lipinski definition) is 0. The van der Waals surface area contributed by atoms with Crippen molar-refractivity contribution < 1.29 is 0 Å². The first-order valence-electron chi connectivity index (χ1n) is 4.64. The van der Waals surface area contributed by atoms with Crippen LogP contribution < -0.4 is 0 Å². The number of aromatic nitrogens is 1. The fourth-order valence-corrected chi connectivity index (χ4v) is 1.70. The zero-order valence-corrected chi connectivity index (χ0v) is 7.59. The van der Waals surface area contributed by atoms with E-state index in [-0.39, 0.29) is 0 Å². The number of rotatable bonds is 2. The van der Waals surface area contributed by atoms with E-state index in [4.69, 9.17) is 7.85 Å². The summed E-state index contributed by atoms with van der Waals surface area (Å²) >= 11 is 0. The first-order valence-corrected chi connectivity index (χ1v) is 4.64. The van der Waals surface area contributed by atoms with E-state index in [1.54, 1.807) is 0 Å². The van der Waals surface area contributed by atoms with Gasteiger partial charge in [0.05, 0.1) is 7.85 Å². The smallest absolute Gasteiger partial charge is 0.0657 e. The fourth-order valence-electron chi connectivity index (χ4n) is 1.70. The minimum atomic E-state index is 0.720. The largest absolute Gasteiger partial charge is 0.361 e. The summed E-state index contributed by atoms with van der Waals surface area (Å²) in [5.41, 5.74) is 3.98. The summed E-state index contributed by atoms with van der Waals surface area (Å²) in [6, 6.07) is 0. The Labute approximate surface area is 80.0 Å². The molecular formula is C11H12BN. The van der Waals surface area contributed by atoms with E-state index in [9.17, 15) is 0 Å². The third-order valence-corrected chi connectivity index (χ3v) is 2.36. The Kier molecular flexibility index (Phi) is 2.39. The van der Waals surface area contributed by atoms with Crippen molar-refractivity contribution in [1.29, 1.82) is 0 Å². The average molecular weight is 169 g/mol. The van der Waals surface area contributed by atoms with Gasteiger partial charge in [-0.25, -0.2) is 0 Å². The molecule has 0 saturated carbocycles. The van der Waals surface area contributed by atoms with Crippen LogP contribution in [0.1, 0.15) is 16.8 Å². The van der Waals surface area contributed by atoms with Crippen LogP contribution in [-0.2, 0) is 12.8 Å². The van der Waals surface area contributed by atoms with Gasteiger partial charge in [-0.15, -0.1) is 0 Å². The second kappa shape index (κ2) is 3.69. The van der Waals surface area contributed by atoms with Crippen molar-refractivity contribution in [3.63, 3.8) is 0 Å². The summed E-state index contributed by atoms with van der Waals surface area (Å²) in [7, 11) is 5.54. The highest BCUT2D eigenvalue weighted by Crippen LogP contribution is 2.20. The molecule has 1 N–H and O–H groups in total. The molecule has 2 heteroatoms. The predicted octanol–water partition coefficient (Wildman–Crippen LogP) is 2.27. The van der Waals surface area contributed by atoms with Crippen molar-refractivity contribution in [3.8, 4) is 0 Å². The Balaban J connectivity index is 2.36. The number of aromatic amines is 1. The van der Waals surface area contributed by atoms with Gasteiger partial charge in [0.1, 0.15) is 0 Å². The molecule has 0 atom stereocenters. The summed E-state index contributed by atoms with van der Waals surface area (Å²) in [5.74, 6) is 0. The maximum atomic E-state index is 5.54. The number of aryl methyl sites for hydroxylation is 1. The van der Waals surface area contributed by atoms with Gasteiger partial charge in [-0.05, 0) is 30.0 Å². The molecule has 1 nitrogen and oxygen atoms in total. The fraction of sp³-hybridized carbons (Fsp3) is 0.273. The van der Waals surface area contributed by atoms with Crippen LogP contribution in [-0.4, -0.2) is 12.8 Å². The van der Waals surface area contributed by atoms with E-state index in [0.717, 1.165) is 19.2 Å². The third kappa shape index (κ3) is 1.62. The molecule has 0 fully saturated rings. The molecule has 0 amide bonds. The van der Waals surface area contributed by atoms with E-state index < -0.39 is 0 Å². The molecule has 0 aliphatic heterocycles. The number of H-pyrrole nitrogens is 1. The van der Waals surface area contributed by atoms with Crippen LogP contribution in [0.5, 0.6) is 0 Å². The first-order chi connectivity index (χ1) is 6.42. The van der Waals surface area contributed by atoms with Crippen LogP contribution in [0, 0.1) is 0 Å². The van der Waals surface area contributed by atoms with Gasteiger partial charge in [0.15, 0.2) is 0 Å². The number of nitrogens with one attached hydrogen (secondary N) is 1. The number of hydrogen-bond donors (Lipinski definition) is 1. The predicted molar refractivity (Wildman–Crippen MR) is 56.9 cm³/mol. The van der Waals surface area contributed by atoms with Crippen molar-refractivity contribution in [2.24, 2.45) is 0 Å². The minimum absolute atomic E-state index is 0.720. The molecule has 0 bridgehead atoms. The standard InChI is InChI=1S/C11H12BN/c12-7-6-9-8-13-11-5-3-1-2-4-10(9)11/h1-3,5,8,13H,4,6-7H2. The summed E-state index contributed by atoms with van der Waals surface area (Å²) in [6.45, 7) is 0. The normalized spacial score (nSPS) is 14.2. The van der Waals surface area contributed by atoms with Gasteiger partial charge in [0.2, 0.25) is 0 Å². The molecule has 0 unspecified atom stereocenters. The molecule has 0 aromatic carbocycles. The van der Waals surface area contributed by atoms with Crippen LogP contribution in [0.25, 0.3) is 6.08 Å². The van der Waals surface area contributed by atoms with Crippen molar-refractivity contribution >= 4 is 13.9 Å². The van der Waals surface area contributed by atoms with E-state index in [2.05, 4.69) is 35.5 Å². The lowest BCUT2D eigenvalue weighted by Crippen LogP contribution is -1.89. The van der Waals surface area contributed by atoms with E-state index in [1.807, 2.05) is 0 Å². The lowest BCUT2D eigenvalue weighted by molar-refractivity contribution is 1.09. The molecule has 1 aliphatic rings. The van der Waals surface area contributed by atoms with Crippen LogP contribution in [0.4, 0.5) is 0 Å². The first kappa shape index (κ1) is 8.42. The Morgan fingerprint density at radius 2 is 2.31 bits per heavy atom. The molecule has 1 aliphatic carbocycles. The summed E-state index contributed by atoms with van der Waals surface area (Å²) in [5, 5.41) is 0. The minimum Gasteiger partial charge on any atom is -0.361 e. The highest BCUT2D eigenvalue weighted by atomic mass is 14.7. The highest BCUT2D eigenvalue weighted by Gasteiger charge is 2.07. The van der Waals surface area contributed by atoms with E-state index >= 15 is 0 Å². The van der Waals surface area contributed by atoms with Gasteiger partial charge in [-0.3, -0.25) is 0 Å². The van der Waals surface area contributed by atoms with Crippen LogP contribution >= 0.6 is 0 Å². The summed E-state index contributed by atoms with van der Waals surface area (Å²) in [4.78, 5) is 3.27. The number of fused-ring (bicyclic) bond motifs is 1. The molecule has 1 aromatic rings. The quantitative estimate of drug-likeness (QED) is 0.653. The number of allylic oxidation sites excluding steroid dienone is 3. The maximum absolute atomic E-state index is 5.54. The Bertz CT molecular complexity index is 347. The SMILES string of the molecule is [B]CCc1c[nH]c2c1CC=CC=C2. The van der Waals surface area contributed by atoms with Crippen molar-refractivity contribution in [2.45, 2.75) is 19.2 Å². The molecule has 2 rings (SSSR count). The Hall–Kier alpha value is -1.18. The second-order valence-corrected chi connectivity index (χ2v) is 3.24. The lowest BCUT2D eigenvalue weighted by Gasteiger charge is -1.99. The summed E-state index contributed by atoms with van der Waals surface area (Å²) in [6.07, 6.45) is 13.2. The van der Waals surface area contributed by atoms with Crippen molar-refractivity contribution in [3.05, 3.63) is 41.2 Å². The van der Waals surface area contributed by atoms with Gasteiger partial charge in [0.25, 0.3) is 0 Å². The molecule has 64 valence electrons. The zero-order chi connectivity index (χ0) is 9.10. The maximum Gasteiger partial charge on any atom is 0.0657 e. The van der Waals surface area contributed by atoms with Crippen LogP contribution in [0.3, 0.4) is 0 Å². The molecular weight excluding hydrogens is 157 g/mol. The Morgan fingerprint density at radius 1 is 1.38 bits per heavy atom. The van der Waals surface area contributed by atoms with Gasteiger partial charge >= 0.3 is 0 Å². The van der Waals surface area contributed by atoms with Gasteiger partial charge in [-0.1, -0.05) is 24.5 Å². The molecule has 0 saturated heterocycles. The highest BCUT2D eigenvalue weighted by molar-refractivity contribution is 6.08. The van der Waals surface area contributed by atoms with Crippen LogP contribution in [0.2, 0.25) is 6.32 Å². The van der Waals surface area contributed by atoms with E-state index in [0.29, 0.717) is 0 Å². The Morgan fingerprint density at radius 3 is 3.15 bits per heavy atom.